The Hall–Kier alpha value is -2.09. The van der Waals surface area contributed by atoms with Crippen molar-refractivity contribution in [2.75, 3.05) is 13.2 Å². The minimum absolute atomic E-state index is 0.0345. The fraction of sp³-hybridized carbons (Fsp3) is 0.667. The standard InChI is InChI=1S/C21H22F10N2O2/c22-19(23,24)13-5-11(6-14(8-13)20(25,26)27)9-32-18(34)12-1-2-15(7-12)33(31)17-3-4-35-10-16(17)21(28,29)30/h5-6,8,12,15-17H,1-4,7,9-10H2,(H,32,34)/t12-,15-,16?,17?/m1/s1. The predicted octanol–water partition coefficient (Wildman–Crippen LogP) is 5.66. The molecule has 2 unspecified atom stereocenters. The molecule has 3 rings (SSSR count). The summed E-state index contributed by atoms with van der Waals surface area (Å²) >= 11 is 0. The summed E-state index contributed by atoms with van der Waals surface area (Å²) in [5, 5.41) is 2.38. The van der Waals surface area contributed by atoms with Gasteiger partial charge in [0.15, 0.2) is 0 Å². The lowest BCUT2D eigenvalue weighted by Gasteiger charge is -2.38. The van der Waals surface area contributed by atoms with Crippen molar-refractivity contribution in [3.63, 3.8) is 0 Å². The van der Waals surface area contributed by atoms with Crippen LogP contribution in [0.2, 0.25) is 0 Å². The Labute approximate surface area is 193 Å². The number of amides is 1. The first kappa shape index (κ1) is 27.5. The van der Waals surface area contributed by atoms with Crippen molar-refractivity contribution in [3.8, 4) is 0 Å². The molecule has 1 amide bonds. The SMILES string of the molecule is O=C(NCc1cc(C(F)(F)F)cc(C(F)(F)F)c1)[C@@H]1CC[C@@H](N(F)C2CCOCC2C(F)(F)F)C1. The molecular weight excluding hydrogens is 502 g/mol. The topological polar surface area (TPSA) is 41.6 Å². The highest BCUT2D eigenvalue weighted by atomic mass is 19.4. The van der Waals surface area contributed by atoms with E-state index < -0.39 is 78.2 Å². The molecule has 0 bridgehead atoms. The van der Waals surface area contributed by atoms with Crippen molar-refractivity contribution in [1.82, 2.24) is 10.4 Å². The molecule has 2 aliphatic rings. The quantitative estimate of drug-likeness (QED) is 0.399. The molecule has 2 fully saturated rings. The third kappa shape index (κ3) is 6.78. The van der Waals surface area contributed by atoms with Gasteiger partial charge in [0, 0.05) is 25.1 Å². The number of carbonyl (C=O) groups excluding carboxylic acids is 1. The van der Waals surface area contributed by atoms with E-state index in [0.29, 0.717) is 12.1 Å². The van der Waals surface area contributed by atoms with Gasteiger partial charge in [0.2, 0.25) is 5.91 Å². The average Bonchev–Trinajstić information content (AvgIpc) is 3.25. The Morgan fingerprint density at radius 2 is 1.54 bits per heavy atom. The van der Waals surface area contributed by atoms with Gasteiger partial charge in [-0.05, 0) is 49.4 Å². The molecule has 14 heteroatoms. The minimum atomic E-state index is -5.04. The van der Waals surface area contributed by atoms with Crippen LogP contribution in [0.4, 0.5) is 44.0 Å². The van der Waals surface area contributed by atoms with Crippen molar-refractivity contribution in [3.05, 3.63) is 34.9 Å². The van der Waals surface area contributed by atoms with E-state index in [-0.39, 0.29) is 43.5 Å². The smallest absolute Gasteiger partial charge is 0.381 e. The van der Waals surface area contributed by atoms with Gasteiger partial charge in [-0.2, -0.15) is 39.5 Å². The van der Waals surface area contributed by atoms with Crippen molar-refractivity contribution >= 4 is 5.91 Å². The van der Waals surface area contributed by atoms with Crippen LogP contribution in [0, 0.1) is 11.8 Å². The number of carbonyl (C=O) groups is 1. The van der Waals surface area contributed by atoms with E-state index in [1.165, 1.54) is 0 Å². The van der Waals surface area contributed by atoms with Crippen LogP contribution in [0.25, 0.3) is 0 Å². The van der Waals surface area contributed by atoms with Gasteiger partial charge in [0.25, 0.3) is 0 Å². The van der Waals surface area contributed by atoms with Crippen LogP contribution >= 0.6 is 0 Å². The predicted molar refractivity (Wildman–Crippen MR) is 101 cm³/mol. The zero-order valence-corrected chi connectivity index (χ0v) is 18.0. The lowest BCUT2D eigenvalue weighted by Crippen LogP contribution is -2.51. The van der Waals surface area contributed by atoms with E-state index in [0.717, 1.165) is 0 Å². The van der Waals surface area contributed by atoms with Crippen LogP contribution in [0.3, 0.4) is 0 Å². The zero-order chi connectivity index (χ0) is 26.2. The summed E-state index contributed by atoms with van der Waals surface area (Å²) in [6.45, 7) is -1.37. The minimum Gasteiger partial charge on any atom is -0.381 e. The second-order valence-electron chi connectivity index (χ2n) is 8.72. The third-order valence-corrected chi connectivity index (χ3v) is 6.30. The number of hydrogen-bond donors (Lipinski definition) is 1. The van der Waals surface area contributed by atoms with Crippen LogP contribution in [0.1, 0.15) is 42.4 Å². The number of nitrogens with zero attached hydrogens (tertiary/aromatic N) is 1. The summed E-state index contributed by atoms with van der Waals surface area (Å²) in [6, 6.07) is -1.52. The number of rotatable bonds is 5. The molecular formula is C21H22F10N2O2. The van der Waals surface area contributed by atoms with Crippen LogP contribution in [-0.4, -0.2) is 42.5 Å². The first-order valence-corrected chi connectivity index (χ1v) is 10.7. The number of hydrogen-bond acceptors (Lipinski definition) is 3. The maximum Gasteiger partial charge on any atom is 0.416 e. The summed E-state index contributed by atoms with van der Waals surface area (Å²) in [4.78, 5) is 12.5. The molecule has 1 aromatic carbocycles. The summed E-state index contributed by atoms with van der Waals surface area (Å²) in [5.74, 6) is -3.61. The number of nitrogens with one attached hydrogen (secondary N) is 1. The molecule has 0 radical (unpaired) electrons. The Kier molecular flexibility index (Phi) is 7.94. The van der Waals surface area contributed by atoms with Gasteiger partial charge >= 0.3 is 18.5 Å². The lowest BCUT2D eigenvalue weighted by atomic mass is 9.93. The van der Waals surface area contributed by atoms with Crippen molar-refractivity contribution in [2.24, 2.45) is 11.8 Å². The Bertz CT molecular complexity index is 867. The van der Waals surface area contributed by atoms with E-state index in [2.05, 4.69) is 5.32 Å². The summed E-state index contributed by atoms with van der Waals surface area (Å²) in [6.07, 6.45) is -14.9. The molecule has 1 aromatic rings. The fourth-order valence-electron chi connectivity index (χ4n) is 4.48. The van der Waals surface area contributed by atoms with E-state index in [1.807, 2.05) is 0 Å². The fourth-order valence-corrected chi connectivity index (χ4v) is 4.48. The molecule has 1 saturated carbocycles. The molecule has 1 N–H and O–H groups in total. The van der Waals surface area contributed by atoms with Gasteiger partial charge in [-0.15, -0.1) is 9.60 Å². The maximum atomic E-state index is 14.9. The average molecular weight is 524 g/mol. The van der Waals surface area contributed by atoms with E-state index in [9.17, 15) is 48.8 Å². The largest absolute Gasteiger partial charge is 0.416 e. The number of alkyl halides is 9. The highest BCUT2D eigenvalue weighted by molar-refractivity contribution is 5.79. The highest BCUT2D eigenvalue weighted by Crippen LogP contribution is 2.40. The number of benzene rings is 1. The summed E-state index contributed by atoms with van der Waals surface area (Å²) in [5.41, 5.74) is -3.49. The first-order chi connectivity index (χ1) is 16.1. The highest BCUT2D eigenvalue weighted by Gasteiger charge is 2.51. The van der Waals surface area contributed by atoms with Crippen LogP contribution < -0.4 is 5.32 Å². The van der Waals surface area contributed by atoms with Crippen molar-refractivity contribution in [1.29, 1.82) is 0 Å². The van der Waals surface area contributed by atoms with Gasteiger partial charge in [-0.1, -0.05) is 0 Å². The number of ether oxygens (including phenoxy) is 1. The second kappa shape index (κ2) is 10.1. The monoisotopic (exact) mass is 524 g/mol. The normalized spacial score (nSPS) is 26.3. The molecule has 1 saturated heterocycles. The summed E-state index contributed by atoms with van der Waals surface area (Å²) < 4.78 is 137. The van der Waals surface area contributed by atoms with Crippen LogP contribution in [-0.2, 0) is 28.4 Å². The van der Waals surface area contributed by atoms with Gasteiger partial charge in [-0.25, -0.2) is 0 Å². The Morgan fingerprint density at radius 1 is 0.943 bits per heavy atom. The first-order valence-electron chi connectivity index (χ1n) is 10.7. The molecule has 1 aliphatic carbocycles. The second-order valence-corrected chi connectivity index (χ2v) is 8.72. The molecule has 4 nitrogen and oxygen atoms in total. The van der Waals surface area contributed by atoms with E-state index in [1.54, 1.807) is 0 Å². The van der Waals surface area contributed by atoms with Gasteiger partial charge in [-0.3, -0.25) is 4.79 Å². The molecule has 1 heterocycles. The Balaban J connectivity index is 1.63. The van der Waals surface area contributed by atoms with Gasteiger partial charge < -0.3 is 10.1 Å². The maximum absolute atomic E-state index is 14.9. The molecule has 0 aromatic heterocycles. The molecule has 35 heavy (non-hydrogen) atoms. The Morgan fingerprint density at radius 3 is 2.09 bits per heavy atom. The number of halogens is 10. The van der Waals surface area contributed by atoms with Crippen LogP contribution in [0.15, 0.2) is 18.2 Å². The summed E-state index contributed by atoms with van der Waals surface area (Å²) in [7, 11) is 0. The molecule has 1 aliphatic heterocycles. The molecule has 0 spiro atoms. The lowest BCUT2D eigenvalue weighted by molar-refractivity contribution is -0.241. The van der Waals surface area contributed by atoms with Crippen LogP contribution in [0.5, 0.6) is 0 Å². The zero-order valence-electron chi connectivity index (χ0n) is 18.0. The molecule has 4 atom stereocenters. The van der Waals surface area contributed by atoms with E-state index in [4.69, 9.17) is 4.74 Å². The van der Waals surface area contributed by atoms with Gasteiger partial charge in [0.05, 0.1) is 29.7 Å². The van der Waals surface area contributed by atoms with Gasteiger partial charge in [0.1, 0.15) is 0 Å². The molecule has 198 valence electrons. The van der Waals surface area contributed by atoms with Crippen molar-refractivity contribution in [2.45, 2.75) is 62.8 Å². The van der Waals surface area contributed by atoms with Crippen molar-refractivity contribution < 1.29 is 53.5 Å². The third-order valence-electron chi connectivity index (χ3n) is 6.30. The van der Waals surface area contributed by atoms with E-state index >= 15 is 0 Å².